The Kier molecular flexibility index (Phi) is 11.8. The molecule has 1 unspecified atom stereocenters. The molecule has 1 saturated heterocycles. The summed E-state index contributed by atoms with van der Waals surface area (Å²) in [7, 11) is 0. The number of aliphatic hydroxyl groups excluding tert-OH is 2. The molecule has 3 aliphatic carbocycles. The number of Topliss-reactive ketones (excluding diaryl/α,β-unsaturated/α-hetero) is 1. The first-order valence-electron chi connectivity index (χ1n) is 20.5. The summed E-state index contributed by atoms with van der Waals surface area (Å²) in [4.78, 5) is 83.5. The molecule has 1 heterocycles. The van der Waals surface area contributed by atoms with E-state index in [4.69, 9.17) is 23.7 Å². The lowest BCUT2D eigenvalue weighted by atomic mass is 9.44. The van der Waals surface area contributed by atoms with Gasteiger partial charge in [0.2, 0.25) is 0 Å². The zero-order valence-electron chi connectivity index (χ0n) is 35.2. The second-order valence-electron chi connectivity index (χ2n) is 17.4. The number of ether oxygens (including phenoxy) is 5. The largest absolute Gasteiger partial charge is 0.456 e. The van der Waals surface area contributed by atoms with E-state index in [9.17, 15) is 39.3 Å². The minimum absolute atomic E-state index is 0.00289. The monoisotopic (exact) mass is 853 g/mol. The number of nitrogens with one attached hydrogen (secondary N) is 1. The predicted octanol–water partition coefficient (Wildman–Crippen LogP) is 3.74. The number of benzene rings is 3. The van der Waals surface area contributed by atoms with Crippen molar-refractivity contribution in [3.05, 3.63) is 119 Å². The van der Waals surface area contributed by atoms with E-state index in [0.29, 0.717) is 5.56 Å². The van der Waals surface area contributed by atoms with Crippen molar-refractivity contribution < 1.29 is 67.8 Å². The van der Waals surface area contributed by atoms with Gasteiger partial charge >= 0.3 is 23.9 Å². The van der Waals surface area contributed by atoms with Crippen molar-refractivity contribution in [3.8, 4) is 0 Å². The fourth-order valence-electron chi connectivity index (χ4n) is 10.2. The van der Waals surface area contributed by atoms with Crippen LogP contribution in [0.2, 0.25) is 0 Å². The first-order valence-corrected chi connectivity index (χ1v) is 20.5. The first kappa shape index (κ1) is 44.3. The topological polar surface area (TPSA) is 221 Å². The normalized spacial score (nSPS) is 31.9. The minimum atomic E-state index is -2.39. The summed E-state index contributed by atoms with van der Waals surface area (Å²) in [6.45, 7) is 7.97. The van der Waals surface area contributed by atoms with Crippen molar-refractivity contribution in [1.82, 2.24) is 5.32 Å². The summed E-state index contributed by atoms with van der Waals surface area (Å²) >= 11 is 0. The maximum absolute atomic E-state index is 15.5. The lowest BCUT2D eigenvalue weighted by Crippen LogP contribution is -2.82. The van der Waals surface area contributed by atoms with Gasteiger partial charge in [0.15, 0.2) is 23.6 Å². The highest BCUT2D eigenvalue weighted by molar-refractivity contribution is 5.96. The van der Waals surface area contributed by atoms with E-state index in [1.54, 1.807) is 92.7 Å². The summed E-state index contributed by atoms with van der Waals surface area (Å²) in [6, 6.07) is 22.9. The lowest BCUT2D eigenvalue weighted by Gasteiger charge is -2.67. The molecule has 4 aliphatic rings. The van der Waals surface area contributed by atoms with Gasteiger partial charge in [-0.15, -0.1) is 0 Å². The number of amides is 1. The standard InChI is InChI=1S/C47H51NO14/c1-25-31(60-43(56)36(52)35(28-16-10-7-11-17-28)48-41(54)29-18-12-8-13-19-29)23-47(57)40(61-42(55)30-20-14-9-15-21-30)38-45(6,32(51)22-33-46(38,24-58-33)62-27(3)50)39(53)37(59-26(2)49)34(25)44(47,4)5/h7-21,31-33,35-38,40,51-52,57H,22-24H2,1-6H3,(H,48,54)/t31-,32+,33-,35-,36-,37-,38?,40-,45-,46-,47-/m1/s1. The number of ketones is 1. The summed E-state index contributed by atoms with van der Waals surface area (Å²) in [6.07, 6.45) is -10.5. The molecule has 328 valence electrons. The molecular formula is C47H51NO14. The second kappa shape index (κ2) is 16.5. The molecular weight excluding hydrogens is 803 g/mol. The van der Waals surface area contributed by atoms with E-state index < -0.39 is 113 Å². The zero-order valence-corrected chi connectivity index (χ0v) is 35.2. The van der Waals surface area contributed by atoms with E-state index in [2.05, 4.69) is 5.32 Å². The van der Waals surface area contributed by atoms with Crippen LogP contribution >= 0.6 is 0 Å². The molecule has 0 aromatic heterocycles. The van der Waals surface area contributed by atoms with Gasteiger partial charge in [-0.2, -0.15) is 0 Å². The molecule has 0 spiro atoms. The van der Waals surface area contributed by atoms with E-state index in [1.165, 1.54) is 26.0 Å². The molecule has 1 aliphatic heterocycles. The highest BCUT2D eigenvalue weighted by Crippen LogP contribution is 2.64. The lowest BCUT2D eigenvalue weighted by molar-refractivity contribution is -0.346. The van der Waals surface area contributed by atoms with Crippen molar-refractivity contribution in [2.24, 2.45) is 16.7 Å². The molecule has 0 radical (unpaired) electrons. The third kappa shape index (κ3) is 7.29. The predicted molar refractivity (Wildman–Crippen MR) is 218 cm³/mol. The van der Waals surface area contributed by atoms with Gasteiger partial charge in [-0.05, 0) is 54.8 Å². The van der Waals surface area contributed by atoms with Crippen molar-refractivity contribution in [1.29, 1.82) is 0 Å². The smallest absolute Gasteiger partial charge is 0.338 e. The fraction of sp³-hybridized carbons (Fsp3) is 0.447. The van der Waals surface area contributed by atoms with Crippen molar-refractivity contribution in [2.45, 2.75) is 108 Å². The number of fused-ring (bicyclic) bond motifs is 5. The fourth-order valence-corrected chi connectivity index (χ4v) is 10.2. The number of hydrogen-bond donors (Lipinski definition) is 4. The third-order valence-electron chi connectivity index (χ3n) is 13.5. The molecule has 3 aromatic carbocycles. The van der Waals surface area contributed by atoms with Crippen LogP contribution in [-0.2, 0) is 42.9 Å². The van der Waals surface area contributed by atoms with Gasteiger partial charge in [0.05, 0.1) is 35.6 Å². The van der Waals surface area contributed by atoms with Gasteiger partial charge in [-0.3, -0.25) is 19.2 Å². The second-order valence-corrected chi connectivity index (χ2v) is 17.4. The van der Waals surface area contributed by atoms with Crippen LogP contribution in [0.15, 0.2) is 102 Å². The number of carbonyl (C=O) groups is 6. The number of aliphatic hydroxyl groups is 3. The van der Waals surface area contributed by atoms with E-state index >= 15 is 4.79 Å². The average molecular weight is 854 g/mol. The molecule has 4 N–H and O–H groups in total. The number of hydrogen-bond acceptors (Lipinski definition) is 14. The Bertz CT molecular complexity index is 2280. The molecule has 15 heteroatoms. The van der Waals surface area contributed by atoms with Gasteiger partial charge in [0.1, 0.15) is 23.9 Å². The van der Waals surface area contributed by atoms with Crippen LogP contribution < -0.4 is 5.32 Å². The van der Waals surface area contributed by atoms with Gasteiger partial charge in [0, 0.05) is 37.7 Å². The molecule has 1 amide bonds. The summed E-state index contributed by atoms with van der Waals surface area (Å²) in [5, 5.41) is 40.2. The summed E-state index contributed by atoms with van der Waals surface area (Å²) in [5.74, 6) is -6.84. The van der Waals surface area contributed by atoms with Gasteiger partial charge in [0.25, 0.3) is 5.91 Å². The average Bonchev–Trinajstić information content (AvgIpc) is 3.24. The van der Waals surface area contributed by atoms with Crippen LogP contribution in [0.25, 0.3) is 0 Å². The maximum atomic E-state index is 15.5. The zero-order chi connectivity index (χ0) is 44.9. The molecule has 11 atom stereocenters. The van der Waals surface area contributed by atoms with Crippen molar-refractivity contribution in [2.75, 3.05) is 6.61 Å². The van der Waals surface area contributed by atoms with Gasteiger partial charge in [-0.25, -0.2) is 9.59 Å². The minimum Gasteiger partial charge on any atom is -0.456 e. The Morgan fingerprint density at radius 2 is 1.40 bits per heavy atom. The Labute approximate surface area is 358 Å². The van der Waals surface area contributed by atoms with Crippen LogP contribution in [0.5, 0.6) is 0 Å². The SMILES string of the molecule is CC(=O)O[C@H]1C(=O)[C@@]2(C)C([C@@H](OC(=O)c3ccccc3)[C@]3(O)C[C@@H](OC(=O)[C@H](O)[C@H](NC(=O)c4ccccc4)c4ccccc4)C(C)=C1C3(C)C)[C@@]1(OC(C)=O)CO[C@@H]1C[C@@H]2O. The maximum Gasteiger partial charge on any atom is 0.338 e. The Morgan fingerprint density at radius 3 is 1.95 bits per heavy atom. The van der Waals surface area contributed by atoms with Gasteiger partial charge in [-0.1, -0.05) is 80.6 Å². The van der Waals surface area contributed by atoms with E-state index in [0.717, 1.165) is 13.8 Å². The summed E-state index contributed by atoms with van der Waals surface area (Å²) in [5.41, 5.74) is -7.02. The molecule has 3 fully saturated rings. The summed E-state index contributed by atoms with van der Waals surface area (Å²) < 4.78 is 30.3. The van der Waals surface area contributed by atoms with Crippen molar-refractivity contribution >= 4 is 35.6 Å². The van der Waals surface area contributed by atoms with Gasteiger partial charge < -0.3 is 44.3 Å². The Balaban J connectivity index is 1.39. The number of esters is 4. The number of carbonyl (C=O) groups excluding carboxylic acids is 6. The van der Waals surface area contributed by atoms with Crippen LogP contribution in [0.3, 0.4) is 0 Å². The van der Waals surface area contributed by atoms with Crippen LogP contribution in [0.1, 0.15) is 86.7 Å². The Morgan fingerprint density at radius 1 is 0.823 bits per heavy atom. The van der Waals surface area contributed by atoms with Crippen LogP contribution in [0.4, 0.5) is 0 Å². The molecule has 15 nitrogen and oxygen atoms in total. The van der Waals surface area contributed by atoms with Crippen LogP contribution in [0, 0.1) is 16.7 Å². The highest BCUT2D eigenvalue weighted by atomic mass is 16.6. The molecule has 2 bridgehead atoms. The molecule has 3 aromatic rings. The van der Waals surface area contributed by atoms with E-state index in [-0.39, 0.29) is 35.3 Å². The molecule has 2 saturated carbocycles. The third-order valence-corrected chi connectivity index (χ3v) is 13.5. The quantitative estimate of drug-likeness (QED) is 0.130. The van der Waals surface area contributed by atoms with Crippen LogP contribution in [-0.4, -0.2) is 105 Å². The van der Waals surface area contributed by atoms with Crippen molar-refractivity contribution in [3.63, 3.8) is 0 Å². The van der Waals surface area contributed by atoms with E-state index in [1.807, 2.05) is 0 Å². The highest BCUT2D eigenvalue weighted by Gasteiger charge is 2.78. The Hall–Kier alpha value is -5.74. The molecule has 7 rings (SSSR count). The number of rotatable bonds is 10. The molecule has 62 heavy (non-hydrogen) atoms. The first-order chi connectivity index (χ1) is 29.3.